The molecule has 24 heavy (non-hydrogen) atoms. The molecule has 3 aromatic rings. The maximum atomic E-state index is 12.3. The molecule has 2 aromatic heterocycles. The molecule has 126 valence electrons. The molecule has 0 aliphatic carbocycles. The van der Waals surface area contributed by atoms with Crippen molar-refractivity contribution in [1.29, 1.82) is 0 Å². The molecule has 1 aromatic carbocycles. The molecule has 5 nitrogen and oxygen atoms in total. The minimum atomic E-state index is -4.30. The number of hydrogen-bond acceptors (Lipinski definition) is 4. The molecule has 0 amide bonds. The minimum Gasteiger partial charge on any atom is -0.438 e. The van der Waals surface area contributed by atoms with Crippen LogP contribution in [0.1, 0.15) is 18.9 Å². The summed E-state index contributed by atoms with van der Waals surface area (Å²) in [5, 5.41) is 6.71. The van der Waals surface area contributed by atoms with E-state index in [1.54, 1.807) is 6.20 Å². The second-order valence-electron chi connectivity index (χ2n) is 5.34. The first-order chi connectivity index (χ1) is 11.4. The van der Waals surface area contributed by atoms with Gasteiger partial charge in [0.15, 0.2) is 5.76 Å². The number of alkyl halides is 3. The van der Waals surface area contributed by atoms with Crippen LogP contribution in [0, 0.1) is 0 Å². The molecule has 0 radical (unpaired) electrons. The smallest absolute Gasteiger partial charge is 0.408 e. The van der Waals surface area contributed by atoms with Crippen molar-refractivity contribution in [1.82, 2.24) is 14.8 Å². The first-order valence-electron chi connectivity index (χ1n) is 7.27. The number of nitrogens with one attached hydrogen (secondary N) is 1. The average molecular weight is 336 g/mol. The van der Waals surface area contributed by atoms with Crippen LogP contribution >= 0.6 is 0 Å². The van der Waals surface area contributed by atoms with Gasteiger partial charge in [0.1, 0.15) is 12.6 Å². The Labute approximate surface area is 136 Å². The van der Waals surface area contributed by atoms with Crippen molar-refractivity contribution in [3.63, 3.8) is 0 Å². The van der Waals surface area contributed by atoms with Crippen LogP contribution in [0.25, 0.3) is 11.3 Å². The fourth-order valence-corrected chi connectivity index (χ4v) is 2.24. The topological polar surface area (TPSA) is 55.9 Å². The molecule has 0 fully saturated rings. The number of aromatic nitrogens is 3. The van der Waals surface area contributed by atoms with Crippen molar-refractivity contribution in [2.45, 2.75) is 25.7 Å². The number of anilines is 1. The van der Waals surface area contributed by atoms with E-state index in [0.717, 1.165) is 10.2 Å². The van der Waals surface area contributed by atoms with E-state index in [1.807, 2.05) is 37.3 Å². The van der Waals surface area contributed by atoms with Crippen LogP contribution in [0.15, 0.2) is 53.3 Å². The van der Waals surface area contributed by atoms with Gasteiger partial charge >= 0.3 is 6.18 Å². The van der Waals surface area contributed by atoms with Crippen molar-refractivity contribution in [3.8, 4) is 11.3 Å². The highest BCUT2D eigenvalue weighted by atomic mass is 19.4. The highest BCUT2D eigenvalue weighted by Gasteiger charge is 2.28. The van der Waals surface area contributed by atoms with Gasteiger partial charge in [0.05, 0.1) is 18.1 Å². The summed E-state index contributed by atoms with van der Waals surface area (Å²) in [6.45, 7) is 0.682. The van der Waals surface area contributed by atoms with Crippen molar-refractivity contribution >= 4 is 5.69 Å². The number of hydrogen-bond donors (Lipinski definition) is 1. The summed E-state index contributed by atoms with van der Waals surface area (Å²) < 4.78 is 43.6. The monoisotopic (exact) mass is 336 g/mol. The van der Waals surface area contributed by atoms with Gasteiger partial charge in [0.25, 0.3) is 0 Å². The zero-order chi connectivity index (χ0) is 17.2. The maximum absolute atomic E-state index is 12.3. The standard InChI is InChI=1S/C16H15F3N4O/c1-11(22-13-7-21-23(9-13)10-16(17,18)19)15-20-8-14(24-15)12-5-3-2-4-6-12/h2-9,11,22H,10H2,1H3. The van der Waals surface area contributed by atoms with Crippen LogP contribution in [-0.2, 0) is 6.54 Å². The van der Waals surface area contributed by atoms with E-state index in [-0.39, 0.29) is 6.04 Å². The van der Waals surface area contributed by atoms with Gasteiger partial charge in [-0.15, -0.1) is 0 Å². The zero-order valence-electron chi connectivity index (χ0n) is 12.8. The second kappa shape index (κ2) is 6.38. The lowest BCUT2D eigenvalue weighted by Gasteiger charge is -2.09. The SMILES string of the molecule is CC(Nc1cnn(CC(F)(F)F)c1)c1ncc(-c2ccccc2)o1. The van der Waals surface area contributed by atoms with Gasteiger partial charge in [-0.3, -0.25) is 4.68 Å². The van der Waals surface area contributed by atoms with Crippen molar-refractivity contribution in [2.24, 2.45) is 0 Å². The summed E-state index contributed by atoms with van der Waals surface area (Å²) in [6, 6.07) is 9.20. The fraction of sp³-hybridized carbons (Fsp3) is 0.250. The molecule has 1 N–H and O–H groups in total. The van der Waals surface area contributed by atoms with Gasteiger partial charge in [-0.05, 0) is 6.92 Å². The first-order valence-corrected chi connectivity index (χ1v) is 7.27. The van der Waals surface area contributed by atoms with E-state index in [2.05, 4.69) is 15.4 Å². The molecule has 0 aliphatic rings. The molecule has 1 unspecified atom stereocenters. The first kappa shape index (κ1) is 16.1. The normalized spacial score (nSPS) is 13.0. The largest absolute Gasteiger partial charge is 0.438 e. The third-order valence-corrected chi connectivity index (χ3v) is 3.31. The molecule has 8 heteroatoms. The Morgan fingerprint density at radius 3 is 2.67 bits per heavy atom. The van der Waals surface area contributed by atoms with Gasteiger partial charge < -0.3 is 9.73 Å². The number of oxazole rings is 1. The Hall–Kier alpha value is -2.77. The van der Waals surface area contributed by atoms with Gasteiger partial charge in [0.2, 0.25) is 5.89 Å². The fourth-order valence-electron chi connectivity index (χ4n) is 2.24. The maximum Gasteiger partial charge on any atom is 0.408 e. The van der Waals surface area contributed by atoms with Crippen molar-refractivity contribution in [2.75, 3.05) is 5.32 Å². The van der Waals surface area contributed by atoms with E-state index in [1.165, 1.54) is 12.4 Å². The molecule has 1 atom stereocenters. The number of rotatable bonds is 5. The lowest BCUT2D eigenvalue weighted by Crippen LogP contribution is -2.17. The summed E-state index contributed by atoms with van der Waals surface area (Å²) >= 11 is 0. The van der Waals surface area contributed by atoms with E-state index >= 15 is 0 Å². The van der Waals surface area contributed by atoms with Crippen molar-refractivity contribution in [3.05, 3.63) is 54.8 Å². The Bertz CT molecular complexity index is 795. The number of nitrogens with zero attached hydrogens (tertiary/aromatic N) is 3. The van der Waals surface area contributed by atoms with Crippen LogP contribution in [0.4, 0.5) is 18.9 Å². The van der Waals surface area contributed by atoms with E-state index in [0.29, 0.717) is 17.3 Å². The highest BCUT2D eigenvalue weighted by Crippen LogP contribution is 2.25. The molecular formula is C16H15F3N4O. The molecule has 0 spiro atoms. The predicted molar refractivity (Wildman–Crippen MR) is 82.3 cm³/mol. The summed E-state index contributed by atoms with van der Waals surface area (Å²) in [4.78, 5) is 4.22. The lowest BCUT2D eigenvalue weighted by atomic mass is 10.2. The van der Waals surface area contributed by atoms with Crippen LogP contribution < -0.4 is 5.32 Å². The Morgan fingerprint density at radius 1 is 1.21 bits per heavy atom. The minimum absolute atomic E-state index is 0.314. The lowest BCUT2D eigenvalue weighted by molar-refractivity contribution is -0.142. The molecule has 3 rings (SSSR count). The zero-order valence-corrected chi connectivity index (χ0v) is 12.8. The molecule has 0 saturated carbocycles. The Balaban J connectivity index is 1.67. The van der Waals surface area contributed by atoms with Crippen LogP contribution in [0.5, 0.6) is 0 Å². The van der Waals surface area contributed by atoms with Crippen molar-refractivity contribution < 1.29 is 17.6 Å². The second-order valence-corrected chi connectivity index (χ2v) is 5.34. The van der Waals surface area contributed by atoms with Gasteiger partial charge in [-0.25, -0.2) is 4.98 Å². The molecule has 2 heterocycles. The number of halogens is 3. The van der Waals surface area contributed by atoms with Gasteiger partial charge in [0, 0.05) is 11.8 Å². The summed E-state index contributed by atoms with van der Waals surface area (Å²) in [7, 11) is 0. The van der Waals surface area contributed by atoms with E-state index in [4.69, 9.17) is 4.42 Å². The highest BCUT2D eigenvalue weighted by molar-refractivity contribution is 5.56. The van der Waals surface area contributed by atoms with Gasteiger partial charge in [-0.2, -0.15) is 18.3 Å². The van der Waals surface area contributed by atoms with Crippen LogP contribution in [-0.4, -0.2) is 20.9 Å². The third-order valence-electron chi connectivity index (χ3n) is 3.31. The molecular weight excluding hydrogens is 321 g/mol. The summed E-state index contributed by atoms with van der Waals surface area (Å²) in [5.41, 5.74) is 1.37. The molecule has 0 bridgehead atoms. The summed E-state index contributed by atoms with van der Waals surface area (Å²) in [6.07, 6.45) is -0.0493. The quantitative estimate of drug-likeness (QED) is 0.756. The van der Waals surface area contributed by atoms with Crippen LogP contribution in [0.2, 0.25) is 0 Å². The average Bonchev–Trinajstić information content (AvgIpc) is 3.16. The summed E-state index contributed by atoms with van der Waals surface area (Å²) in [5.74, 6) is 1.07. The van der Waals surface area contributed by atoms with E-state index < -0.39 is 12.7 Å². The Morgan fingerprint density at radius 2 is 1.96 bits per heavy atom. The predicted octanol–water partition coefficient (Wildman–Crippen LogP) is 4.27. The molecule has 0 aliphatic heterocycles. The van der Waals surface area contributed by atoms with Crippen LogP contribution in [0.3, 0.4) is 0 Å². The third kappa shape index (κ3) is 3.95. The number of benzene rings is 1. The van der Waals surface area contributed by atoms with Gasteiger partial charge in [-0.1, -0.05) is 30.3 Å². The Kier molecular flexibility index (Phi) is 4.28. The molecule has 0 saturated heterocycles. The van der Waals surface area contributed by atoms with E-state index in [9.17, 15) is 13.2 Å².